The van der Waals surface area contributed by atoms with Gasteiger partial charge in [-0.05, 0) is 32.1 Å². The fourth-order valence-electron chi connectivity index (χ4n) is 2.75. The largest absolute Gasteiger partial charge is 0.481 e. The average molecular weight is 281 g/mol. The van der Waals surface area contributed by atoms with Gasteiger partial charge in [0.05, 0.1) is 17.8 Å². The van der Waals surface area contributed by atoms with Gasteiger partial charge in [0, 0.05) is 12.6 Å². The van der Waals surface area contributed by atoms with E-state index in [0.29, 0.717) is 6.42 Å². The highest BCUT2D eigenvalue weighted by atomic mass is 16.4. The zero-order chi connectivity index (χ0) is 14.4. The van der Waals surface area contributed by atoms with Crippen molar-refractivity contribution in [2.75, 3.05) is 0 Å². The van der Waals surface area contributed by atoms with E-state index in [1.165, 1.54) is 6.42 Å². The molecule has 0 amide bonds. The zero-order valence-corrected chi connectivity index (χ0v) is 11.7. The Morgan fingerprint density at radius 2 is 2.10 bits per heavy atom. The van der Waals surface area contributed by atoms with E-state index in [2.05, 4.69) is 10.3 Å². The molecule has 1 aromatic heterocycles. The van der Waals surface area contributed by atoms with Gasteiger partial charge in [0.2, 0.25) is 0 Å². The lowest BCUT2D eigenvalue weighted by atomic mass is 10.1. The van der Waals surface area contributed by atoms with Gasteiger partial charge in [-0.1, -0.05) is 24.5 Å². The number of aromatic nitrogens is 3. The van der Waals surface area contributed by atoms with Crippen LogP contribution in [0.2, 0.25) is 0 Å². The highest BCUT2D eigenvalue weighted by Crippen LogP contribution is 2.27. The van der Waals surface area contributed by atoms with Gasteiger partial charge in [0.15, 0.2) is 0 Å². The Balaban J connectivity index is 1.85. The number of aliphatic hydroxyl groups is 1. The first-order valence-electron chi connectivity index (χ1n) is 7.47. The molecule has 0 radical (unpaired) electrons. The summed E-state index contributed by atoms with van der Waals surface area (Å²) < 4.78 is 1.79. The molecule has 0 aromatic carbocycles. The molecule has 2 rings (SSSR count). The van der Waals surface area contributed by atoms with Crippen LogP contribution in [0.5, 0.6) is 0 Å². The first-order valence-corrected chi connectivity index (χ1v) is 7.47. The maximum absolute atomic E-state index is 10.4. The number of carboxylic acid groups (broad SMARTS) is 1. The number of unbranched alkanes of at least 4 members (excludes halogenated alkanes) is 1. The molecular formula is C14H23N3O3. The molecule has 112 valence electrons. The Bertz CT molecular complexity index is 433. The van der Waals surface area contributed by atoms with E-state index in [0.717, 1.165) is 44.2 Å². The van der Waals surface area contributed by atoms with E-state index in [1.807, 2.05) is 6.20 Å². The van der Waals surface area contributed by atoms with Gasteiger partial charge in [-0.15, -0.1) is 5.10 Å². The van der Waals surface area contributed by atoms with E-state index >= 15 is 0 Å². The van der Waals surface area contributed by atoms with Crippen LogP contribution in [0.1, 0.15) is 63.1 Å². The number of aliphatic carboxylic acids is 1. The van der Waals surface area contributed by atoms with Crippen molar-refractivity contribution in [1.82, 2.24) is 15.0 Å². The van der Waals surface area contributed by atoms with Crippen LogP contribution in [0.4, 0.5) is 0 Å². The molecule has 1 aliphatic carbocycles. The topological polar surface area (TPSA) is 88.2 Å². The Morgan fingerprint density at radius 3 is 2.90 bits per heavy atom. The highest BCUT2D eigenvalue weighted by Gasteiger charge is 2.24. The SMILES string of the molecule is O=C(O)CCCCc1cn(C2CCCCCC2O)nn1. The molecule has 6 heteroatoms. The average Bonchev–Trinajstić information content (AvgIpc) is 2.77. The lowest BCUT2D eigenvalue weighted by Crippen LogP contribution is -2.23. The normalized spacial score (nSPS) is 23.4. The fourth-order valence-corrected chi connectivity index (χ4v) is 2.75. The number of aliphatic hydroxyl groups excluding tert-OH is 1. The van der Waals surface area contributed by atoms with Gasteiger partial charge < -0.3 is 10.2 Å². The summed E-state index contributed by atoms with van der Waals surface area (Å²) in [6.07, 6.45) is 9.13. The smallest absolute Gasteiger partial charge is 0.303 e. The molecule has 1 aliphatic rings. The van der Waals surface area contributed by atoms with Crippen molar-refractivity contribution < 1.29 is 15.0 Å². The number of nitrogens with zero attached hydrogens (tertiary/aromatic N) is 3. The summed E-state index contributed by atoms with van der Waals surface area (Å²) in [4.78, 5) is 10.4. The van der Waals surface area contributed by atoms with Crippen molar-refractivity contribution in [3.05, 3.63) is 11.9 Å². The Labute approximate surface area is 118 Å². The molecule has 6 nitrogen and oxygen atoms in total. The lowest BCUT2D eigenvalue weighted by Gasteiger charge is -2.19. The molecule has 1 fully saturated rings. The number of hydrogen-bond acceptors (Lipinski definition) is 4. The van der Waals surface area contributed by atoms with Crippen LogP contribution in [0.3, 0.4) is 0 Å². The van der Waals surface area contributed by atoms with Gasteiger partial charge in [-0.2, -0.15) is 0 Å². The van der Waals surface area contributed by atoms with Gasteiger partial charge in [-0.25, -0.2) is 4.68 Å². The van der Waals surface area contributed by atoms with E-state index < -0.39 is 5.97 Å². The molecule has 1 aromatic rings. The predicted molar refractivity (Wildman–Crippen MR) is 73.3 cm³/mol. The third-order valence-corrected chi connectivity index (χ3v) is 3.92. The third kappa shape index (κ3) is 4.30. The van der Waals surface area contributed by atoms with Crippen molar-refractivity contribution in [2.24, 2.45) is 0 Å². The summed E-state index contributed by atoms with van der Waals surface area (Å²) in [5.41, 5.74) is 0.881. The second-order valence-corrected chi connectivity index (χ2v) is 5.56. The van der Waals surface area contributed by atoms with Crippen LogP contribution in [0, 0.1) is 0 Å². The molecule has 2 N–H and O–H groups in total. The molecule has 0 bridgehead atoms. The zero-order valence-electron chi connectivity index (χ0n) is 11.7. The maximum Gasteiger partial charge on any atom is 0.303 e. The molecule has 2 unspecified atom stereocenters. The number of aryl methyl sites for hydroxylation is 1. The summed E-state index contributed by atoms with van der Waals surface area (Å²) in [6, 6.07) is 0.0396. The number of rotatable bonds is 6. The van der Waals surface area contributed by atoms with E-state index in [4.69, 9.17) is 5.11 Å². The van der Waals surface area contributed by atoms with Crippen LogP contribution < -0.4 is 0 Å². The Morgan fingerprint density at radius 1 is 1.30 bits per heavy atom. The number of carboxylic acids is 1. The van der Waals surface area contributed by atoms with Crippen molar-refractivity contribution >= 4 is 5.97 Å². The minimum absolute atomic E-state index is 0.0396. The molecule has 20 heavy (non-hydrogen) atoms. The Kier molecular flexibility index (Phi) is 5.52. The number of carbonyl (C=O) groups is 1. The van der Waals surface area contributed by atoms with Crippen LogP contribution in [-0.2, 0) is 11.2 Å². The Hall–Kier alpha value is -1.43. The predicted octanol–water partition coefficient (Wildman–Crippen LogP) is 1.94. The molecule has 1 heterocycles. The van der Waals surface area contributed by atoms with Gasteiger partial charge in [0.25, 0.3) is 0 Å². The summed E-state index contributed by atoms with van der Waals surface area (Å²) in [6.45, 7) is 0. The van der Waals surface area contributed by atoms with Crippen LogP contribution in [0.25, 0.3) is 0 Å². The van der Waals surface area contributed by atoms with E-state index in [-0.39, 0.29) is 18.6 Å². The second kappa shape index (κ2) is 7.38. The second-order valence-electron chi connectivity index (χ2n) is 5.56. The van der Waals surface area contributed by atoms with E-state index in [9.17, 15) is 9.90 Å². The molecule has 0 spiro atoms. The maximum atomic E-state index is 10.4. The van der Waals surface area contributed by atoms with Crippen LogP contribution in [-0.4, -0.2) is 37.3 Å². The first-order chi connectivity index (χ1) is 9.66. The lowest BCUT2D eigenvalue weighted by molar-refractivity contribution is -0.137. The summed E-state index contributed by atoms with van der Waals surface area (Å²) in [5.74, 6) is -0.754. The van der Waals surface area contributed by atoms with Crippen molar-refractivity contribution in [3.63, 3.8) is 0 Å². The standard InChI is InChI=1S/C14H23N3O3/c18-13-8-3-1-2-7-12(13)17-10-11(15-16-17)6-4-5-9-14(19)20/h10,12-13,18H,1-9H2,(H,19,20). The molecular weight excluding hydrogens is 258 g/mol. The molecule has 2 atom stereocenters. The highest BCUT2D eigenvalue weighted by molar-refractivity contribution is 5.66. The molecule has 0 aliphatic heterocycles. The number of hydrogen-bond donors (Lipinski definition) is 2. The summed E-state index contributed by atoms with van der Waals surface area (Å²) >= 11 is 0. The summed E-state index contributed by atoms with van der Waals surface area (Å²) in [5, 5.41) is 27.0. The fraction of sp³-hybridized carbons (Fsp3) is 0.786. The third-order valence-electron chi connectivity index (χ3n) is 3.92. The van der Waals surface area contributed by atoms with Crippen LogP contribution in [0.15, 0.2) is 6.20 Å². The monoisotopic (exact) mass is 281 g/mol. The van der Waals surface area contributed by atoms with Crippen LogP contribution >= 0.6 is 0 Å². The van der Waals surface area contributed by atoms with E-state index in [1.54, 1.807) is 4.68 Å². The van der Waals surface area contributed by atoms with Gasteiger partial charge in [-0.3, -0.25) is 4.79 Å². The molecule has 1 saturated carbocycles. The summed E-state index contributed by atoms with van der Waals surface area (Å²) in [7, 11) is 0. The minimum Gasteiger partial charge on any atom is -0.481 e. The van der Waals surface area contributed by atoms with Crippen molar-refractivity contribution in [2.45, 2.75) is 69.9 Å². The van der Waals surface area contributed by atoms with Gasteiger partial charge >= 0.3 is 5.97 Å². The van der Waals surface area contributed by atoms with Crippen molar-refractivity contribution in [1.29, 1.82) is 0 Å². The van der Waals surface area contributed by atoms with Crippen molar-refractivity contribution in [3.8, 4) is 0 Å². The van der Waals surface area contributed by atoms with Gasteiger partial charge in [0.1, 0.15) is 0 Å². The molecule has 0 saturated heterocycles. The quantitative estimate of drug-likeness (QED) is 0.614. The first kappa shape index (κ1) is 15.0. The minimum atomic E-state index is -0.754.